The molecule has 35 heavy (non-hydrogen) atoms. The van der Waals surface area contributed by atoms with Crippen molar-refractivity contribution in [1.82, 2.24) is 14.8 Å². The lowest BCUT2D eigenvalue weighted by Crippen LogP contribution is -2.42. The minimum Gasteiger partial charge on any atom is -0.384 e. The molecule has 2 aliphatic heterocycles. The fourth-order valence-corrected chi connectivity index (χ4v) is 5.58. The Morgan fingerprint density at radius 1 is 1.26 bits per heavy atom. The minimum absolute atomic E-state index is 0.169. The molecule has 1 atom stereocenters. The van der Waals surface area contributed by atoms with Crippen LogP contribution < -0.4 is 16.2 Å². The fourth-order valence-electron chi connectivity index (χ4n) is 4.78. The van der Waals surface area contributed by atoms with E-state index >= 15 is 0 Å². The second-order valence-electron chi connectivity index (χ2n) is 8.83. The van der Waals surface area contributed by atoms with Gasteiger partial charge in [-0.3, -0.25) is 9.69 Å². The predicted octanol–water partition coefficient (Wildman–Crippen LogP) is 2.61. The minimum atomic E-state index is -3.44. The number of halogens is 2. The highest BCUT2D eigenvalue weighted by Gasteiger charge is 2.40. The number of aromatic nitrogens is 1. The third kappa shape index (κ3) is 4.05. The summed E-state index contributed by atoms with van der Waals surface area (Å²) in [7, 11) is -1.83. The standard InChI is InChI=1S/C24H22F2N4O4S/c1-29-8-6-16-14(12-35(2,33)34)9-13-11-30(24(32)28-18-4-3-15(25)10-17(18)26)19-5-7-27-22(20(13)19)21(16)23(29)31/h3-4,6,8-11,19,27H,5,7,12H2,1-2H3,(H,28,32). The van der Waals surface area contributed by atoms with Crippen molar-refractivity contribution < 1.29 is 22.0 Å². The van der Waals surface area contributed by atoms with Crippen LogP contribution in [0.2, 0.25) is 0 Å². The Hall–Kier alpha value is -3.73. The van der Waals surface area contributed by atoms with Gasteiger partial charge in [-0.1, -0.05) is 0 Å². The molecule has 1 aromatic carbocycles. The first kappa shape index (κ1) is 23.0. The maximum absolute atomic E-state index is 14.1. The zero-order valence-electron chi connectivity index (χ0n) is 18.9. The van der Waals surface area contributed by atoms with Crippen molar-refractivity contribution >= 4 is 32.8 Å². The average molecular weight is 501 g/mol. The SMILES string of the molecule is Cn1ccc2c(c1=O)C1=C3C(=CN(C(=O)Nc4ccc(F)cc4F)C3CCN1)C=C2CS(C)(=O)=O. The third-order valence-corrected chi connectivity index (χ3v) is 7.10. The monoisotopic (exact) mass is 500 g/mol. The summed E-state index contributed by atoms with van der Waals surface area (Å²) >= 11 is 0. The summed E-state index contributed by atoms with van der Waals surface area (Å²) in [6.45, 7) is 0.457. The van der Waals surface area contributed by atoms with Crippen LogP contribution in [0.4, 0.5) is 19.3 Å². The second-order valence-corrected chi connectivity index (χ2v) is 11.0. The zero-order valence-corrected chi connectivity index (χ0v) is 19.7. The summed E-state index contributed by atoms with van der Waals surface area (Å²) in [5, 5.41) is 5.75. The van der Waals surface area contributed by atoms with E-state index in [1.165, 1.54) is 9.47 Å². The molecule has 11 heteroatoms. The van der Waals surface area contributed by atoms with E-state index in [1.54, 1.807) is 31.6 Å². The van der Waals surface area contributed by atoms with E-state index in [0.717, 1.165) is 18.4 Å². The van der Waals surface area contributed by atoms with Crippen molar-refractivity contribution in [2.75, 3.05) is 23.9 Å². The first-order chi connectivity index (χ1) is 16.5. The van der Waals surface area contributed by atoms with Crippen LogP contribution in [0.5, 0.6) is 0 Å². The van der Waals surface area contributed by atoms with Gasteiger partial charge in [0, 0.05) is 43.9 Å². The molecule has 0 fully saturated rings. The van der Waals surface area contributed by atoms with Gasteiger partial charge in [0.05, 0.1) is 28.7 Å². The maximum Gasteiger partial charge on any atom is 0.326 e. The topological polar surface area (TPSA) is 101 Å². The molecule has 2 N–H and O–H groups in total. The number of nitrogens with one attached hydrogen (secondary N) is 2. The van der Waals surface area contributed by atoms with Crippen molar-refractivity contribution in [2.45, 2.75) is 12.5 Å². The van der Waals surface area contributed by atoms with Crippen LogP contribution in [0.1, 0.15) is 17.5 Å². The number of urea groups is 1. The number of sulfone groups is 1. The quantitative estimate of drug-likeness (QED) is 0.675. The smallest absolute Gasteiger partial charge is 0.326 e. The zero-order chi connectivity index (χ0) is 25.1. The molecule has 8 nitrogen and oxygen atoms in total. The number of nitrogens with zero attached hydrogens (tertiary/aromatic N) is 2. The first-order valence-corrected chi connectivity index (χ1v) is 12.9. The van der Waals surface area contributed by atoms with Gasteiger partial charge in [0.2, 0.25) is 0 Å². The van der Waals surface area contributed by atoms with E-state index in [0.29, 0.717) is 52.6 Å². The molecule has 5 rings (SSSR count). The van der Waals surface area contributed by atoms with Gasteiger partial charge in [0.1, 0.15) is 11.6 Å². The van der Waals surface area contributed by atoms with Gasteiger partial charge >= 0.3 is 6.03 Å². The van der Waals surface area contributed by atoms with E-state index in [4.69, 9.17) is 0 Å². The molecular weight excluding hydrogens is 478 g/mol. The largest absolute Gasteiger partial charge is 0.384 e. The predicted molar refractivity (Wildman–Crippen MR) is 128 cm³/mol. The molecule has 0 saturated carbocycles. The van der Waals surface area contributed by atoms with E-state index in [-0.39, 0.29) is 17.0 Å². The number of carbonyl (C=O) groups is 1. The Bertz CT molecular complexity index is 1540. The molecule has 1 aliphatic carbocycles. The van der Waals surface area contributed by atoms with Crippen molar-refractivity contribution in [3.05, 3.63) is 87.0 Å². The Kier molecular flexibility index (Phi) is 5.39. The van der Waals surface area contributed by atoms with E-state index in [2.05, 4.69) is 10.6 Å². The number of aryl methyl sites for hydroxylation is 1. The number of rotatable bonds is 3. The molecule has 3 aliphatic rings. The molecule has 0 saturated heterocycles. The number of fused-ring (bicyclic) bond motifs is 2. The number of hydrogen-bond acceptors (Lipinski definition) is 5. The number of anilines is 1. The van der Waals surface area contributed by atoms with Crippen LogP contribution in [0.15, 0.2) is 58.7 Å². The Balaban J connectivity index is 1.64. The summed E-state index contributed by atoms with van der Waals surface area (Å²) in [6.07, 6.45) is 6.48. The highest BCUT2D eigenvalue weighted by atomic mass is 32.2. The van der Waals surface area contributed by atoms with E-state index in [9.17, 15) is 26.8 Å². The highest BCUT2D eigenvalue weighted by molar-refractivity contribution is 7.91. The number of hydrogen-bond donors (Lipinski definition) is 2. The van der Waals surface area contributed by atoms with Crippen molar-refractivity contribution in [3.8, 4) is 0 Å². The average Bonchev–Trinajstić information content (AvgIpc) is 3.08. The van der Waals surface area contributed by atoms with Crippen LogP contribution in [0.25, 0.3) is 11.3 Å². The number of pyridine rings is 1. The van der Waals surface area contributed by atoms with Gasteiger partial charge in [-0.15, -0.1) is 0 Å². The van der Waals surface area contributed by atoms with E-state index in [1.807, 2.05) is 0 Å². The first-order valence-electron chi connectivity index (χ1n) is 10.9. The lowest BCUT2D eigenvalue weighted by molar-refractivity contribution is 0.220. The van der Waals surface area contributed by atoms with Crippen LogP contribution in [0, 0.1) is 11.6 Å². The molecule has 3 heterocycles. The molecule has 182 valence electrons. The lowest BCUT2D eigenvalue weighted by atomic mass is 9.92. The van der Waals surface area contributed by atoms with Crippen LogP contribution >= 0.6 is 0 Å². The molecule has 2 amide bonds. The van der Waals surface area contributed by atoms with Crippen LogP contribution in [-0.2, 0) is 16.9 Å². The molecule has 0 radical (unpaired) electrons. The van der Waals surface area contributed by atoms with Gasteiger partial charge in [0.15, 0.2) is 9.84 Å². The van der Waals surface area contributed by atoms with Gasteiger partial charge in [0.25, 0.3) is 5.56 Å². The number of benzene rings is 1. The summed E-state index contributed by atoms with van der Waals surface area (Å²) in [4.78, 5) is 27.8. The van der Waals surface area contributed by atoms with Crippen LogP contribution in [0.3, 0.4) is 0 Å². The number of carbonyl (C=O) groups excluding carboxylic acids is 1. The molecule has 0 bridgehead atoms. The summed E-state index contributed by atoms with van der Waals surface area (Å²) in [6, 6.07) is 3.49. The summed E-state index contributed by atoms with van der Waals surface area (Å²) in [5.41, 5.74) is 2.67. The molecular formula is C24H22F2N4O4S. The van der Waals surface area contributed by atoms with Crippen molar-refractivity contribution in [3.63, 3.8) is 0 Å². The Morgan fingerprint density at radius 2 is 2.03 bits per heavy atom. The molecule has 1 unspecified atom stereocenters. The normalized spacial score (nSPS) is 18.7. The number of allylic oxidation sites excluding steroid dienone is 1. The van der Waals surface area contributed by atoms with E-state index < -0.39 is 33.5 Å². The molecule has 1 aromatic heterocycles. The second kappa shape index (κ2) is 8.19. The molecule has 0 spiro atoms. The van der Waals surface area contributed by atoms with Crippen molar-refractivity contribution in [1.29, 1.82) is 0 Å². The van der Waals surface area contributed by atoms with Gasteiger partial charge in [-0.25, -0.2) is 22.0 Å². The summed E-state index contributed by atoms with van der Waals surface area (Å²) < 4.78 is 53.3. The van der Waals surface area contributed by atoms with Gasteiger partial charge < -0.3 is 15.2 Å². The van der Waals surface area contributed by atoms with Crippen LogP contribution in [-0.4, -0.2) is 48.5 Å². The number of amides is 2. The van der Waals surface area contributed by atoms with Crippen molar-refractivity contribution in [2.24, 2.45) is 7.05 Å². The Labute approximate surface area is 200 Å². The maximum atomic E-state index is 14.1. The lowest BCUT2D eigenvalue weighted by Gasteiger charge is -2.31. The van der Waals surface area contributed by atoms with Gasteiger partial charge in [-0.2, -0.15) is 0 Å². The fraction of sp³-hybridized carbons (Fsp3) is 0.250. The Morgan fingerprint density at radius 3 is 2.74 bits per heavy atom. The van der Waals surface area contributed by atoms with Gasteiger partial charge in [-0.05, 0) is 47.4 Å². The molecule has 2 aromatic rings. The highest BCUT2D eigenvalue weighted by Crippen LogP contribution is 2.42. The summed E-state index contributed by atoms with van der Waals surface area (Å²) in [5.74, 6) is -1.96. The third-order valence-electron chi connectivity index (χ3n) is 6.27.